The van der Waals surface area contributed by atoms with Crippen molar-refractivity contribution in [1.82, 2.24) is 14.6 Å². The van der Waals surface area contributed by atoms with Gasteiger partial charge in [0.2, 0.25) is 5.91 Å². The summed E-state index contributed by atoms with van der Waals surface area (Å²) in [4.78, 5) is 15.8. The summed E-state index contributed by atoms with van der Waals surface area (Å²) in [6, 6.07) is 18.5. The summed E-state index contributed by atoms with van der Waals surface area (Å²) < 4.78 is 1.74. The zero-order chi connectivity index (χ0) is 18.8. The van der Waals surface area contributed by atoms with E-state index < -0.39 is 5.91 Å². The summed E-state index contributed by atoms with van der Waals surface area (Å²) in [5.41, 5.74) is 9.19. The lowest BCUT2D eigenvalue weighted by atomic mass is 10.1. The number of aromatic nitrogens is 3. The number of primary amides is 1. The van der Waals surface area contributed by atoms with Crippen molar-refractivity contribution in [2.75, 3.05) is 5.32 Å². The molecule has 3 N–H and O–H groups in total. The molecular weight excluding hydrogens is 362 g/mol. The number of hydrogen-bond acceptors (Lipinski definition) is 4. The van der Waals surface area contributed by atoms with Crippen LogP contribution in [0.3, 0.4) is 0 Å². The molecule has 0 aliphatic rings. The van der Waals surface area contributed by atoms with Crippen molar-refractivity contribution in [2.45, 2.75) is 6.54 Å². The minimum atomic E-state index is -0.470. The van der Waals surface area contributed by atoms with E-state index in [-0.39, 0.29) is 0 Å². The molecule has 7 heteroatoms. The molecule has 2 aromatic heterocycles. The van der Waals surface area contributed by atoms with E-state index in [9.17, 15) is 4.79 Å². The van der Waals surface area contributed by atoms with Gasteiger partial charge in [-0.1, -0.05) is 35.9 Å². The summed E-state index contributed by atoms with van der Waals surface area (Å²) in [6.07, 6.45) is 1.73. The quantitative estimate of drug-likeness (QED) is 0.554. The highest BCUT2D eigenvalue weighted by Crippen LogP contribution is 2.22. The summed E-state index contributed by atoms with van der Waals surface area (Å²) in [7, 11) is 0. The van der Waals surface area contributed by atoms with Gasteiger partial charge in [-0.15, -0.1) is 5.10 Å². The highest BCUT2D eigenvalue weighted by molar-refractivity contribution is 6.30. The molecule has 0 aliphatic carbocycles. The van der Waals surface area contributed by atoms with Crippen LogP contribution < -0.4 is 11.1 Å². The number of carbonyl (C=O) groups is 1. The molecule has 6 nitrogen and oxygen atoms in total. The van der Waals surface area contributed by atoms with Gasteiger partial charge in [-0.25, -0.2) is 9.50 Å². The maximum Gasteiger partial charge on any atom is 0.248 e. The predicted octanol–water partition coefficient (Wildman–Crippen LogP) is 3.76. The maximum atomic E-state index is 11.4. The first-order valence-electron chi connectivity index (χ1n) is 8.33. The molecule has 0 saturated carbocycles. The molecule has 0 atom stereocenters. The van der Waals surface area contributed by atoms with Gasteiger partial charge in [0.15, 0.2) is 5.65 Å². The largest absolute Gasteiger partial charge is 0.366 e. The number of hydrogen-bond donors (Lipinski definition) is 2. The van der Waals surface area contributed by atoms with E-state index in [1.54, 1.807) is 28.9 Å². The molecule has 0 bridgehead atoms. The molecule has 1 amide bonds. The summed E-state index contributed by atoms with van der Waals surface area (Å²) in [5, 5.41) is 8.60. The molecule has 0 spiro atoms. The first kappa shape index (κ1) is 17.1. The van der Waals surface area contributed by atoms with E-state index in [1.165, 1.54) is 0 Å². The zero-order valence-electron chi connectivity index (χ0n) is 14.3. The van der Waals surface area contributed by atoms with E-state index in [0.717, 1.165) is 16.8 Å². The second-order valence-electron chi connectivity index (χ2n) is 6.06. The molecular formula is C20H16ClN5O. The Morgan fingerprint density at radius 2 is 1.96 bits per heavy atom. The van der Waals surface area contributed by atoms with Crippen LogP contribution in [-0.2, 0) is 6.54 Å². The Morgan fingerprint density at radius 1 is 1.11 bits per heavy atom. The van der Waals surface area contributed by atoms with Gasteiger partial charge in [-0.2, -0.15) is 0 Å². The number of rotatable bonds is 5. The van der Waals surface area contributed by atoms with Gasteiger partial charge in [0, 0.05) is 22.7 Å². The van der Waals surface area contributed by atoms with Gasteiger partial charge in [-0.3, -0.25) is 4.79 Å². The second kappa shape index (κ2) is 7.09. The van der Waals surface area contributed by atoms with Crippen LogP contribution in [0.4, 0.5) is 5.82 Å². The molecule has 4 rings (SSSR count). The summed E-state index contributed by atoms with van der Waals surface area (Å²) >= 11 is 6.02. The van der Waals surface area contributed by atoms with E-state index in [2.05, 4.69) is 15.4 Å². The Morgan fingerprint density at radius 3 is 2.78 bits per heavy atom. The number of benzene rings is 2. The summed E-state index contributed by atoms with van der Waals surface area (Å²) in [6.45, 7) is 0.597. The van der Waals surface area contributed by atoms with Crippen molar-refractivity contribution in [3.05, 3.63) is 83.0 Å². The van der Waals surface area contributed by atoms with Crippen molar-refractivity contribution in [2.24, 2.45) is 5.73 Å². The van der Waals surface area contributed by atoms with E-state index >= 15 is 0 Å². The van der Waals surface area contributed by atoms with Crippen LogP contribution in [-0.4, -0.2) is 20.5 Å². The normalized spacial score (nSPS) is 10.9. The number of anilines is 1. The smallest absolute Gasteiger partial charge is 0.248 e. The lowest BCUT2D eigenvalue weighted by molar-refractivity contribution is 0.100. The van der Waals surface area contributed by atoms with Crippen molar-refractivity contribution in [3.63, 3.8) is 0 Å². The van der Waals surface area contributed by atoms with Crippen molar-refractivity contribution in [3.8, 4) is 11.3 Å². The number of nitrogens with zero attached hydrogens (tertiary/aromatic N) is 3. The van der Waals surface area contributed by atoms with Crippen LogP contribution in [0.15, 0.2) is 66.9 Å². The SMILES string of the molecule is NC(=O)c1cccc(-c2cnc3ccc(NCc4cccc(Cl)c4)nn23)c1. The fraction of sp³-hybridized carbons (Fsp3) is 0.0500. The lowest BCUT2D eigenvalue weighted by Crippen LogP contribution is -2.10. The fourth-order valence-electron chi connectivity index (χ4n) is 2.84. The first-order chi connectivity index (χ1) is 13.1. The number of halogens is 1. The molecule has 2 aromatic carbocycles. The van der Waals surface area contributed by atoms with E-state index in [0.29, 0.717) is 28.6 Å². The van der Waals surface area contributed by atoms with Gasteiger partial charge in [0.1, 0.15) is 5.82 Å². The molecule has 0 unspecified atom stereocenters. The second-order valence-corrected chi connectivity index (χ2v) is 6.50. The van der Waals surface area contributed by atoms with Crippen LogP contribution in [0.1, 0.15) is 15.9 Å². The average Bonchev–Trinajstić information content (AvgIpc) is 3.10. The maximum absolute atomic E-state index is 11.4. The molecule has 134 valence electrons. The van der Waals surface area contributed by atoms with Gasteiger partial charge in [0.05, 0.1) is 11.9 Å². The van der Waals surface area contributed by atoms with Crippen molar-refractivity contribution < 1.29 is 4.79 Å². The number of imidazole rings is 1. The van der Waals surface area contributed by atoms with Gasteiger partial charge < -0.3 is 11.1 Å². The first-order valence-corrected chi connectivity index (χ1v) is 8.71. The van der Waals surface area contributed by atoms with E-state index in [1.807, 2.05) is 42.5 Å². The average molecular weight is 378 g/mol. The highest BCUT2D eigenvalue weighted by atomic mass is 35.5. The van der Waals surface area contributed by atoms with Crippen LogP contribution in [0.2, 0.25) is 5.02 Å². The minimum absolute atomic E-state index is 0.442. The van der Waals surface area contributed by atoms with E-state index in [4.69, 9.17) is 17.3 Å². The Labute approximate surface area is 160 Å². The van der Waals surface area contributed by atoms with Gasteiger partial charge in [0.25, 0.3) is 0 Å². The van der Waals surface area contributed by atoms with Crippen LogP contribution in [0.5, 0.6) is 0 Å². The molecule has 4 aromatic rings. The number of carbonyl (C=O) groups excluding carboxylic acids is 1. The number of nitrogens with two attached hydrogens (primary N) is 1. The zero-order valence-corrected chi connectivity index (χ0v) is 15.0. The number of fused-ring (bicyclic) bond motifs is 1. The third kappa shape index (κ3) is 3.61. The Balaban J connectivity index is 1.65. The fourth-order valence-corrected chi connectivity index (χ4v) is 3.05. The van der Waals surface area contributed by atoms with Crippen LogP contribution in [0.25, 0.3) is 16.9 Å². The molecule has 0 aliphatic heterocycles. The monoisotopic (exact) mass is 377 g/mol. The molecule has 27 heavy (non-hydrogen) atoms. The third-order valence-corrected chi connectivity index (χ3v) is 4.40. The van der Waals surface area contributed by atoms with Crippen LogP contribution >= 0.6 is 11.6 Å². The van der Waals surface area contributed by atoms with Gasteiger partial charge >= 0.3 is 0 Å². The Kier molecular flexibility index (Phi) is 4.48. The number of nitrogens with one attached hydrogen (secondary N) is 1. The standard InChI is InChI=1S/C20H16ClN5O/c21-16-6-1-3-13(9-16)11-23-18-7-8-19-24-12-17(26(19)25-18)14-4-2-5-15(10-14)20(22)27/h1-10,12H,11H2,(H2,22,27)(H,23,25). The molecule has 0 saturated heterocycles. The predicted molar refractivity (Wildman–Crippen MR) is 106 cm³/mol. The molecule has 2 heterocycles. The number of amides is 1. The molecule has 0 fully saturated rings. The Hall–Kier alpha value is -3.38. The van der Waals surface area contributed by atoms with Crippen LogP contribution in [0, 0.1) is 0 Å². The minimum Gasteiger partial charge on any atom is -0.366 e. The highest BCUT2D eigenvalue weighted by Gasteiger charge is 2.10. The summed E-state index contributed by atoms with van der Waals surface area (Å²) in [5.74, 6) is 0.232. The van der Waals surface area contributed by atoms with Crippen molar-refractivity contribution in [1.29, 1.82) is 0 Å². The Bertz CT molecular complexity index is 1140. The lowest BCUT2D eigenvalue weighted by Gasteiger charge is -2.08. The van der Waals surface area contributed by atoms with Gasteiger partial charge in [-0.05, 0) is 42.0 Å². The molecule has 0 radical (unpaired) electrons. The topological polar surface area (TPSA) is 85.3 Å². The van der Waals surface area contributed by atoms with Crippen molar-refractivity contribution >= 4 is 29.0 Å². The third-order valence-electron chi connectivity index (χ3n) is 4.17.